The lowest BCUT2D eigenvalue weighted by Crippen LogP contribution is -2.56. The summed E-state index contributed by atoms with van der Waals surface area (Å²) in [5.74, 6) is -0.894. The van der Waals surface area contributed by atoms with Crippen molar-refractivity contribution in [3.8, 4) is 0 Å². The Hall–Kier alpha value is -1.32. The van der Waals surface area contributed by atoms with E-state index < -0.39 is 11.5 Å². The molecule has 4 heteroatoms. The van der Waals surface area contributed by atoms with Gasteiger partial charge in [0.05, 0.1) is 0 Å². The number of carboxylic acid groups (broad SMARTS) is 1. The molecule has 2 rings (SSSR count). The van der Waals surface area contributed by atoms with Gasteiger partial charge in [0, 0.05) is 12.8 Å². The molecular weight excluding hydrogens is 182 g/mol. The molecule has 0 unspecified atom stereocenters. The first-order chi connectivity index (χ1) is 6.54. The van der Waals surface area contributed by atoms with Crippen molar-refractivity contribution < 1.29 is 14.7 Å². The highest BCUT2D eigenvalue weighted by Gasteiger charge is 2.54. The number of allylic oxidation sites excluding steroid dienone is 1. The van der Waals surface area contributed by atoms with Crippen molar-refractivity contribution in [3.63, 3.8) is 0 Å². The third-order valence-electron chi connectivity index (χ3n) is 3.17. The molecule has 0 aromatic carbocycles. The Balaban J connectivity index is 2.29. The van der Waals surface area contributed by atoms with E-state index in [2.05, 4.69) is 5.32 Å². The highest BCUT2D eigenvalue weighted by molar-refractivity contribution is 5.87. The van der Waals surface area contributed by atoms with Crippen molar-refractivity contribution in [3.05, 3.63) is 12.2 Å². The van der Waals surface area contributed by atoms with Crippen LogP contribution in [0.3, 0.4) is 0 Å². The van der Waals surface area contributed by atoms with Gasteiger partial charge in [-0.25, -0.2) is 4.79 Å². The molecule has 76 valence electrons. The Morgan fingerprint density at radius 1 is 1.50 bits per heavy atom. The summed E-state index contributed by atoms with van der Waals surface area (Å²) in [5, 5.41) is 11.8. The summed E-state index contributed by atoms with van der Waals surface area (Å²) in [7, 11) is 0. The first-order valence-electron chi connectivity index (χ1n) is 4.75. The number of carbonyl (C=O) groups is 2. The maximum atomic E-state index is 11.2. The minimum atomic E-state index is -1.04. The number of aliphatic carboxylic acids is 1. The van der Waals surface area contributed by atoms with Gasteiger partial charge in [0.1, 0.15) is 5.54 Å². The summed E-state index contributed by atoms with van der Waals surface area (Å²) < 4.78 is 0. The second kappa shape index (κ2) is 2.83. The van der Waals surface area contributed by atoms with Crippen LogP contribution in [0.2, 0.25) is 0 Å². The minimum Gasteiger partial charge on any atom is -0.479 e. The Morgan fingerprint density at radius 2 is 2.21 bits per heavy atom. The first kappa shape index (κ1) is 9.24. The number of carboxylic acids is 1. The summed E-state index contributed by atoms with van der Waals surface area (Å²) >= 11 is 0. The predicted molar refractivity (Wildman–Crippen MR) is 49.5 cm³/mol. The lowest BCUT2D eigenvalue weighted by Gasteiger charge is -2.31. The monoisotopic (exact) mass is 195 g/mol. The summed E-state index contributed by atoms with van der Waals surface area (Å²) in [6.07, 6.45) is 5.35. The van der Waals surface area contributed by atoms with Gasteiger partial charge in [0.15, 0.2) is 0 Å². The van der Waals surface area contributed by atoms with E-state index >= 15 is 0 Å². The standard InChI is InChI=1S/C10H13NO3/c1-6(12)11-10(9(13)14)5-7-2-3-8(10)4-7/h2-3,7-8H,4-5H2,1H3,(H,11,12)(H,13,14)/t7-,8+,10+/m0/s1. The first-order valence-corrected chi connectivity index (χ1v) is 4.75. The van der Waals surface area contributed by atoms with E-state index in [1.165, 1.54) is 6.92 Å². The quantitative estimate of drug-likeness (QED) is 0.632. The number of amides is 1. The lowest BCUT2D eigenvalue weighted by molar-refractivity contribution is -0.148. The fraction of sp³-hybridized carbons (Fsp3) is 0.600. The predicted octanol–water partition coefficient (Wildman–Crippen LogP) is 0.542. The fourth-order valence-corrected chi connectivity index (χ4v) is 2.61. The smallest absolute Gasteiger partial charge is 0.330 e. The molecule has 0 heterocycles. The molecule has 0 radical (unpaired) electrons. The number of rotatable bonds is 2. The van der Waals surface area contributed by atoms with Crippen LogP contribution in [0.4, 0.5) is 0 Å². The second-order valence-electron chi connectivity index (χ2n) is 4.15. The summed E-state index contributed by atoms with van der Waals surface area (Å²) in [6, 6.07) is 0. The normalized spacial score (nSPS) is 38.6. The Labute approximate surface area is 82.0 Å². The molecule has 2 bridgehead atoms. The summed E-state index contributed by atoms with van der Waals surface area (Å²) in [5.41, 5.74) is -1.04. The molecule has 0 aromatic heterocycles. The average molecular weight is 195 g/mol. The van der Waals surface area contributed by atoms with E-state index in [1.54, 1.807) is 0 Å². The molecule has 2 N–H and O–H groups in total. The van der Waals surface area contributed by atoms with Crippen LogP contribution in [0.25, 0.3) is 0 Å². The number of fused-ring (bicyclic) bond motifs is 2. The van der Waals surface area contributed by atoms with Crippen molar-refractivity contribution in [1.82, 2.24) is 5.32 Å². The number of carbonyl (C=O) groups excluding carboxylic acids is 1. The van der Waals surface area contributed by atoms with Gasteiger partial charge in [-0.05, 0) is 18.8 Å². The zero-order valence-corrected chi connectivity index (χ0v) is 7.99. The maximum absolute atomic E-state index is 11.2. The van der Waals surface area contributed by atoms with E-state index in [9.17, 15) is 14.7 Å². The molecule has 2 aliphatic rings. The van der Waals surface area contributed by atoms with Gasteiger partial charge in [0.2, 0.25) is 5.91 Å². The summed E-state index contributed by atoms with van der Waals surface area (Å²) in [6.45, 7) is 1.36. The van der Waals surface area contributed by atoms with E-state index in [1.807, 2.05) is 12.2 Å². The molecule has 14 heavy (non-hydrogen) atoms. The van der Waals surface area contributed by atoms with Crippen LogP contribution in [0.5, 0.6) is 0 Å². The Bertz CT molecular complexity index is 323. The van der Waals surface area contributed by atoms with Crippen molar-refractivity contribution in [2.75, 3.05) is 0 Å². The van der Waals surface area contributed by atoms with Crippen molar-refractivity contribution >= 4 is 11.9 Å². The largest absolute Gasteiger partial charge is 0.479 e. The van der Waals surface area contributed by atoms with E-state index in [0.717, 1.165) is 6.42 Å². The highest BCUT2D eigenvalue weighted by atomic mass is 16.4. The maximum Gasteiger partial charge on any atom is 0.330 e. The molecule has 2 aliphatic carbocycles. The molecule has 1 saturated carbocycles. The van der Waals surface area contributed by atoms with Gasteiger partial charge in [0.25, 0.3) is 0 Å². The zero-order valence-electron chi connectivity index (χ0n) is 7.99. The third kappa shape index (κ3) is 1.14. The van der Waals surface area contributed by atoms with E-state index in [4.69, 9.17) is 0 Å². The minimum absolute atomic E-state index is 0.0334. The molecule has 1 fully saturated rings. The Kier molecular flexibility index (Phi) is 1.87. The van der Waals surface area contributed by atoms with Gasteiger partial charge in [-0.3, -0.25) is 4.79 Å². The molecule has 1 amide bonds. The topological polar surface area (TPSA) is 66.4 Å². The van der Waals surface area contributed by atoms with Crippen LogP contribution in [-0.4, -0.2) is 22.5 Å². The lowest BCUT2D eigenvalue weighted by atomic mass is 9.84. The molecule has 4 nitrogen and oxygen atoms in total. The van der Waals surface area contributed by atoms with Gasteiger partial charge in [-0.2, -0.15) is 0 Å². The molecule has 3 atom stereocenters. The van der Waals surface area contributed by atoms with Crippen LogP contribution < -0.4 is 5.32 Å². The SMILES string of the molecule is CC(=O)N[C@]1(C(=O)O)C[C@H]2C=C[C@@H]1C2. The van der Waals surface area contributed by atoms with Crippen LogP contribution in [0.15, 0.2) is 12.2 Å². The number of nitrogens with one attached hydrogen (secondary N) is 1. The van der Waals surface area contributed by atoms with Gasteiger partial charge < -0.3 is 10.4 Å². The average Bonchev–Trinajstić information content (AvgIpc) is 2.61. The molecule has 0 spiro atoms. The molecular formula is C10H13NO3. The molecule has 0 aromatic rings. The van der Waals surface area contributed by atoms with Crippen LogP contribution in [0, 0.1) is 11.8 Å². The Morgan fingerprint density at radius 3 is 2.57 bits per heavy atom. The van der Waals surface area contributed by atoms with Crippen LogP contribution in [0.1, 0.15) is 19.8 Å². The van der Waals surface area contributed by atoms with Gasteiger partial charge in [-0.15, -0.1) is 0 Å². The molecule has 0 saturated heterocycles. The number of hydrogen-bond donors (Lipinski definition) is 2. The number of hydrogen-bond acceptors (Lipinski definition) is 2. The third-order valence-corrected chi connectivity index (χ3v) is 3.17. The van der Waals surface area contributed by atoms with Gasteiger partial charge >= 0.3 is 5.97 Å². The second-order valence-corrected chi connectivity index (χ2v) is 4.15. The van der Waals surface area contributed by atoms with Crippen molar-refractivity contribution in [2.45, 2.75) is 25.3 Å². The zero-order chi connectivity index (χ0) is 10.3. The fourth-order valence-electron chi connectivity index (χ4n) is 2.61. The van der Waals surface area contributed by atoms with E-state index in [-0.39, 0.29) is 11.8 Å². The van der Waals surface area contributed by atoms with Crippen molar-refractivity contribution in [2.24, 2.45) is 11.8 Å². The van der Waals surface area contributed by atoms with Crippen molar-refractivity contribution in [1.29, 1.82) is 0 Å². The van der Waals surface area contributed by atoms with Gasteiger partial charge in [-0.1, -0.05) is 12.2 Å². The molecule has 0 aliphatic heterocycles. The van der Waals surface area contributed by atoms with Crippen LogP contribution >= 0.6 is 0 Å². The van der Waals surface area contributed by atoms with E-state index in [0.29, 0.717) is 12.3 Å². The van der Waals surface area contributed by atoms with Crippen LogP contribution in [-0.2, 0) is 9.59 Å². The highest BCUT2D eigenvalue weighted by Crippen LogP contribution is 2.46. The summed E-state index contributed by atoms with van der Waals surface area (Å²) in [4.78, 5) is 22.2.